The van der Waals surface area contributed by atoms with Gasteiger partial charge in [-0.25, -0.2) is 0 Å². The Kier molecular flexibility index (Phi) is 5.83. The van der Waals surface area contributed by atoms with Crippen LogP contribution in [-0.2, 0) is 4.74 Å². The van der Waals surface area contributed by atoms with E-state index in [9.17, 15) is 0 Å². The maximum atomic E-state index is 5.69. The molecule has 3 heteroatoms. The highest BCUT2D eigenvalue weighted by Gasteiger charge is 2.20. The average molecular weight is 262 g/mol. The molecule has 1 fully saturated rings. The number of hydrazine groups is 1. The molecule has 0 radical (unpaired) electrons. The minimum atomic E-state index is 0.192. The molecular weight excluding hydrogens is 236 g/mol. The van der Waals surface area contributed by atoms with E-state index in [1.54, 1.807) is 0 Å². The Morgan fingerprint density at radius 3 is 2.84 bits per heavy atom. The summed E-state index contributed by atoms with van der Waals surface area (Å²) >= 11 is 0. The second-order valence-electron chi connectivity index (χ2n) is 5.42. The molecule has 0 aromatic heterocycles. The van der Waals surface area contributed by atoms with Gasteiger partial charge in [-0.05, 0) is 42.7 Å². The molecule has 3 nitrogen and oxygen atoms in total. The average Bonchev–Trinajstić information content (AvgIpc) is 2.37. The van der Waals surface area contributed by atoms with E-state index in [4.69, 9.17) is 10.6 Å². The zero-order valence-corrected chi connectivity index (χ0v) is 11.9. The molecule has 0 aliphatic heterocycles. The largest absolute Gasteiger partial charge is 0.381 e. The topological polar surface area (TPSA) is 47.3 Å². The molecule has 0 spiro atoms. The molecule has 1 aromatic carbocycles. The predicted octanol–water partition coefficient (Wildman–Crippen LogP) is 3.28. The maximum absolute atomic E-state index is 5.69. The van der Waals surface area contributed by atoms with Gasteiger partial charge in [0, 0.05) is 19.3 Å². The van der Waals surface area contributed by atoms with Gasteiger partial charge < -0.3 is 4.74 Å². The fourth-order valence-electron chi connectivity index (χ4n) is 2.57. The first kappa shape index (κ1) is 14.5. The second-order valence-corrected chi connectivity index (χ2v) is 5.42. The number of ether oxygens (including phenoxy) is 1. The highest BCUT2D eigenvalue weighted by molar-refractivity contribution is 5.29. The first-order valence-corrected chi connectivity index (χ1v) is 7.49. The van der Waals surface area contributed by atoms with E-state index in [-0.39, 0.29) is 6.04 Å². The van der Waals surface area contributed by atoms with E-state index in [1.807, 2.05) is 0 Å². The van der Waals surface area contributed by atoms with Gasteiger partial charge in [-0.2, -0.15) is 0 Å². The lowest BCUT2D eigenvalue weighted by molar-refractivity contribution is 0.124. The van der Waals surface area contributed by atoms with Gasteiger partial charge in [0.25, 0.3) is 0 Å². The van der Waals surface area contributed by atoms with Crippen LogP contribution in [0.15, 0.2) is 24.3 Å². The molecule has 19 heavy (non-hydrogen) atoms. The van der Waals surface area contributed by atoms with Gasteiger partial charge in [0.05, 0.1) is 0 Å². The van der Waals surface area contributed by atoms with Gasteiger partial charge in [0.15, 0.2) is 0 Å². The molecule has 1 unspecified atom stereocenters. The third kappa shape index (κ3) is 4.03. The number of hydrogen-bond donors (Lipinski definition) is 2. The van der Waals surface area contributed by atoms with E-state index in [0.29, 0.717) is 0 Å². The van der Waals surface area contributed by atoms with E-state index in [0.717, 1.165) is 32.0 Å². The first-order valence-electron chi connectivity index (χ1n) is 7.49. The van der Waals surface area contributed by atoms with Crippen LogP contribution in [0.5, 0.6) is 0 Å². The first-order chi connectivity index (χ1) is 9.35. The van der Waals surface area contributed by atoms with Gasteiger partial charge in [-0.15, -0.1) is 0 Å². The Balaban J connectivity index is 1.93. The molecule has 3 N–H and O–H groups in total. The van der Waals surface area contributed by atoms with Crippen molar-refractivity contribution in [3.05, 3.63) is 35.4 Å². The zero-order valence-electron chi connectivity index (χ0n) is 11.9. The van der Waals surface area contributed by atoms with Gasteiger partial charge in [0.2, 0.25) is 0 Å². The van der Waals surface area contributed by atoms with Crippen LogP contribution in [0.25, 0.3) is 0 Å². The van der Waals surface area contributed by atoms with E-state index in [2.05, 4.69) is 36.6 Å². The normalized spacial score (nSPS) is 17.2. The van der Waals surface area contributed by atoms with Crippen molar-refractivity contribution in [2.45, 2.75) is 51.0 Å². The summed E-state index contributed by atoms with van der Waals surface area (Å²) in [5.41, 5.74) is 5.67. The molecule has 1 aliphatic carbocycles. The Morgan fingerprint density at radius 1 is 1.37 bits per heavy atom. The van der Waals surface area contributed by atoms with Crippen LogP contribution in [0.1, 0.15) is 62.1 Å². The fourth-order valence-corrected chi connectivity index (χ4v) is 2.57. The minimum absolute atomic E-state index is 0.192. The van der Waals surface area contributed by atoms with E-state index < -0.39 is 0 Å². The van der Waals surface area contributed by atoms with Crippen LogP contribution < -0.4 is 11.3 Å². The van der Waals surface area contributed by atoms with Gasteiger partial charge in [-0.1, -0.05) is 37.6 Å². The van der Waals surface area contributed by atoms with Crippen LogP contribution in [0.2, 0.25) is 0 Å². The van der Waals surface area contributed by atoms with E-state index >= 15 is 0 Å². The Morgan fingerprint density at radius 2 is 2.21 bits per heavy atom. The fraction of sp³-hybridized carbons (Fsp3) is 0.625. The van der Waals surface area contributed by atoms with Crippen LogP contribution in [-0.4, -0.2) is 13.2 Å². The molecule has 1 saturated carbocycles. The lowest BCUT2D eigenvalue weighted by atomic mass is 9.79. The quantitative estimate of drug-likeness (QED) is 0.429. The SMILES string of the molecule is CCCOCCC(NN)c1cccc(C2CCC2)c1. The lowest BCUT2D eigenvalue weighted by Gasteiger charge is -2.27. The third-order valence-electron chi connectivity index (χ3n) is 3.99. The summed E-state index contributed by atoms with van der Waals surface area (Å²) in [6.45, 7) is 3.72. The molecule has 106 valence electrons. The number of benzene rings is 1. The van der Waals surface area contributed by atoms with Crippen LogP contribution in [0.3, 0.4) is 0 Å². The highest BCUT2D eigenvalue weighted by Crippen LogP contribution is 2.37. The van der Waals surface area contributed by atoms with Crippen molar-refractivity contribution in [3.63, 3.8) is 0 Å². The Hall–Kier alpha value is -0.900. The summed E-state index contributed by atoms with van der Waals surface area (Å²) in [6.07, 6.45) is 6.04. The molecular formula is C16H26N2O. The summed E-state index contributed by atoms with van der Waals surface area (Å²) in [5.74, 6) is 6.46. The van der Waals surface area contributed by atoms with Crippen molar-refractivity contribution in [1.29, 1.82) is 0 Å². The van der Waals surface area contributed by atoms with Gasteiger partial charge in [0.1, 0.15) is 0 Å². The standard InChI is InChI=1S/C16H26N2O/c1-2-10-19-11-9-16(18-17)15-8-4-7-14(12-15)13-5-3-6-13/h4,7-8,12-13,16,18H,2-3,5-6,9-11,17H2,1H3. The molecule has 1 atom stereocenters. The second kappa shape index (κ2) is 7.63. The molecule has 1 aromatic rings. The van der Waals surface area contributed by atoms with Crippen molar-refractivity contribution >= 4 is 0 Å². The highest BCUT2D eigenvalue weighted by atomic mass is 16.5. The summed E-state index contributed by atoms with van der Waals surface area (Å²) in [5, 5.41) is 0. The summed E-state index contributed by atoms with van der Waals surface area (Å²) in [7, 11) is 0. The zero-order chi connectivity index (χ0) is 13.5. The molecule has 0 saturated heterocycles. The number of nitrogens with two attached hydrogens (primary N) is 1. The minimum Gasteiger partial charge on any atom is -0.381 e. The Labute approximate surface area is 116 Å². The monoisotopic (exact) mass is 262 g/mol. The van der Waals surface area contributed by atoms with Gasteiger partial charge in [-0.3, -0.25) is 11.3 Å². The number of nitrogens with one attached hydrogen (secondary N) is 1. The summed E-state index contributed by atoms with van der Waals surface area (Å²) < 4.78 is 5.55. The van der Waals surface area contributed by atoms with Crippen molar-refractivity contribution in [3.8, 4) is 0 Å². The predicted molar refractivity (Wildman–Crippen MR) is 78.8 cm³/mol. The van der Waals surface area contributed by atoms with E-state index in [1.165, 1.54) is 30.4 Å². The number of rotatable bonds is 8. The van der Waals surface area contributed by atoms with Crippen molar-refractivity contribution in [2.75, 3.05) is 13.2 Å². The third-order valence-corrected chi connectivity index (χ3v) is 3.99. The van der Waals surface area contributed by atoms with Crippen LogP contribution in [0.4, 0.5) is 0 Å². The van der Waals surface area contributed by atoms with Crippen molar-refractivity contribution in [1.82, 2.24) is 5.43 Å². The molecule has 0 heterocycles. The smallest absolute Gasteiger partial charge is 0.0484 e. The molecule has 0 amide bonds. The molecule has 1 aliphatic rings. The summed E-state index contributed by atoms with van der Waals surface area (Å²) in [6, 6.07) is 9.06. The molecule has 0 bridgehead atoms. The Bertz CT molecular complexity index is 377. The van der Waals surface area contributed by atoms with Crippen molar-refractivity contribution < 1.29 is 4.74 Å². The van der Waals surface area contributed by atoms with Crippen LogP contribution >= 0.6 is 0 Å². The number of hydrogen-bond acceptors (Lipinski definition) is 3. The lowest BCUT2D eigenvalue weighted by Crippen LogP contribution is -2.29. The molecule has 2 rings (SSSR count). The maximum Gasteiger partial charge on any atom is 0.0484 e. The van der Waals surface area contributed by atoms with Crippen LogP contribution in [0, 0.1) is 0 Å². The summed E-state index contributed by atoms with van der Waals surface area (Å²) in [4.78, 5) is 0. The van der Waals surface area contributed by atoms with Crippen molar-refractivity contribution in [2.24, 2.45) is 5.84 Å². The van der Waals surface area contributed by atoms with Gasteiger partial charge >= 0.3 is 0 Å².